The van der Waals surface area contributed by atoms with Crippen LogP contribution in [0.25, 0.3) is 0 Å². The number of likely N-dealkylation sites (N-methyl/N-ethyl adjacent to an activating group) is 1. The third-order valence-electron chi connectivity index (χ3n) is 4.67. The molecule has 3 aromatic rings. The molecule has 1 amide bonds. The minimum absolute atomic E-state index is 0.00939. The number of nitrogens with zero attached hydrogens (tertiary/aromatic N) is 4. The zero-order valence-electron chi connectivity index (χ0n) is 16.5. The first kappa shape index (κ1) is 20.9. The first-order valence-corrected chi connectivity index (χ1v) is 10.4. The van der Waals surface area contributed by atoms with E-state index in [9.17, 15) is 9.18 Å². The van der Waals surface area contributed by atoms with Crippen molar-refractivity contribution < 1.29 is 9.18 Å². The summed E-state index contributed by atoms with van der Waals surface area (Å²) in [7, 11) is 0. The third kappa shape index (κ3) is 4.76. The van der Waals surface area contributed by atoms with E-state index >= 15 is 0 Å². The molecular formula is C21H24FN5OS. The molecule has 0 aliphatic carbocycles. The first-order chi connectivity index (χ1) is 14.0. The van der Waals surface area contributed by atoms with Crippen molar-refractivity contribution in [2.75, 3.05) is 18.9 Å². The molecular weight excluding hydrogens is 389 g/mol. The van der Waals surface area contributed by atoms with Gasteiger partial charge in [0, 0.05) is 19.5 Å². The maximum atomic E-state index is 14.0. The average molecular weight is 414 g/mol. The molecule has 0 aliphatic heterocycles. The van der Waals surface area contributed by atoms with E-state index in [1.807, 2.05) is 44.2 Å². The lowest BCUT2D eigenvalue weighted by molar-refractivity contribution is -0.130. The van der Waals surface area contributed by atoms with Crippen LogP contribution in [0.4, 0.5) is 4.39 Å². The fraction of sp³-hybridized carbons (Fsp3) is 0.286. The van der Waals surface area contributed by atoms with Crippen LogP contribution in [0.3, 0.4) is 0 Å². The van der Waals surface area contributed by atoms with Gasteiger partial charge < -0.3 is 10.7 Å². The summed E-state index contributed by atoms with van der Waals surface area (Å²) in [5.41, 5.74) is 1.36. The van der Waals surface area contributed by atoms with E-state index < -0.39 is 5.25 Å². The second-order valence-corrected chi connectivity index (χ2v) is 7.53. The predicted molar refractivity (Wildman–Crippen MR) is 112 cm³/mol. The standard InChI is InChI=1S/C21H24FN5OS/c1-3-26(4-2)20(28)19(15-10-6-5-7-11-15)29-21-25-24-18(27(21)23)14-16-12-8-9-13-17(16)22/h5-13,19H,3-4,14,23H2,1-2H3. The van der Waals surface area contributed by atoms with E-state index in [1.54, 1.807) is 23.1 Å². The second-order valence-electron chi connectivity index (χ2n) is 6.46. The van der Waals surface area contributed by atoms with E-state index in [4.69, 9.17) is 5.84 Å². The molecule has 152 valence electrons. The van der Waals surface area contributed by atoms with Crippen LogP contribution in [0.2, 0.25) is 0 Å². The number of rotatable bonds is 8. The Morgan fingerprint density at radius 2 is 1.76 bits per heavy atom. The van der Waals surface area contributed by atoms with Crippen LogP contribution in [0, 0.1) is 5.82 Å². The van der Waals surface area contributed by atoms with Crippen LogP contribution in [0.1, 0.15) is 36.0 Å². The normalized spacial score (nSPS) is 12.0. The molecule has 1 aromatic heterocycles. The van der Waals surface area contributed by atoms with Gasteiger partial charge in [0.1, 0.15) is 11.1 Å². The number of thioether (sulfide) groups is 1. The van der Waals surface area contributed by atoms with Crippen molar-refractivity contribution in [2.24, 2.45) is 0 Å². The van der Waals surface area contributed by atoms with Gasteiger partial charge in [0.25, 0.3) is 0 Å². The summed E-state index contributed by atoms with van der Waals surface area (Å²) in [5.74, 6) is 6.30. The van der Waals surface area contributed by atoms with Crippen molar-refractivity contribution in [3.05, 3.63) is 77.4 Å². The van der Waals surface area contributed by atoms with Gasteiger partial charge in [0.05, 0.1) is 0 Å². The highest BCUT2D eigenvalue weighted by molar-refractivity contribution is 8.00. The molecule has 0 radical (unpaired) electrons. The molecule has 2 aromatic carbocycles. The van der Waals surface area contributed by atoms with Crippen LogP contribution in [0.5, 0.6) is 0 Å². The molecule has 0 aliphatic rings. The number of nitrogen functional groups attached to an aromatic ring is 1. The molecule has 1 atom stereocenters. The number of hydrogen-bond donors (Lipinski definition) is 1. The zero-order chi connectivity index (χ0) is 20.8. The molecule has 0 spiro atoms. The molecule has 29 heavy (non-hydrogen) atoms. The molecule has 1 unspecified atom stereocenters. The molecule has 1 heterocycles. The summed E-state index contributed by atoms with van der Waals surface area (Å²) >= 11 is 1.25. The van der Waals surface area contributed by atoms with Gasteiger partial charge in [-0.3, -0.25) is 4.79 Å². The fourth-order valence-electron chi connectivity index (χ4n) is 3.02. The van der Waals surface area contributed by atoms with Crippen molar-refractivity contribution >= 4 is 17.7 Å². The highest BCUT2D eigenvalue weighted by Gasteiger charge is 2.28. The molecule has 3 rings (SSSR count). The third-order valence-corrected chi connectivity index (χ3v) is 5.87. The van der Waals surface area contributed by atoms with Gasteiger partial charge >= 0.3 is 0 Å². The molecule has 0 saturated heterocycles. The lowest BCUT2D eigenvalue weighted by Crippen LogP contribution is -2.34. The van der Waals surface area contributed by atoms with Crippen LogP contribution < -0.4 is 5.84 Å². The smallest absolute Gasteiger partial charge is 0.240 e. The number of hydrogen-bond acceptors (Lipinski definition) is 5. The summed E-state index contributed by atoms with van der Waals surface area (Å²) in [6.45, 7) is 5.14. The van der Waals surface area contributed by atoms with Crippen molar-refractivity contribution in [2.45, 2.75) is 30.7 Å². The van der Waals surface area contributed by atoms with Crippen molar-refractivity contribution in [1.82, 2.24) is 19.8 Å². The van der Waals surface area contributed by atoms with Gasteiger partial charge in [-0.15, -0.1) is 10.2 Å². The number of carbonyl (C=O) groups excluding carboxylic acids is 1. The summed E-state index contributed by atoms with van der Waals surface area (Å²) in [5, 5.41) is 8.19. The fourth-order valence-corrected chi connectivity index (χ4v) is 4.08. The predicted octanol–water partition coefficient (Wildman–Crippen LogP) is 3.42. The average Bonchev–Trinajstić information content (AvgIpc) is 3.08. The summed E-state index contributed by atoms with van der Waals surface area (Å²) < 4.78 is 15.3. The number of nitrogens with two attached hydrogens (primary N) is 1. The number of carbonyl (C=O) groups is 1. The maximum Gasteiger partial charge on any atom is 0.240 e. The van der Waals surface area contributed by atoms with Crippen LogP contribution in [-0.2, 0) is 11.2 Å². The van der Waals surface area contributed by atoms with Gasteiger partial charge in [-0.1, -0.05) is 60.3 Å². The molecule has 0 fully saturated rings. The Hall–Kier alpha value is -2.87. The zero-order valence-corrected chi connectivity index (χ0v) is 17.3. The van der Waals surface area contributed by atoms with Gasteiger partial charge in [-0.2, -0.15) is 0 Å². The van der Waals surface area contributed by atoms with Crippen LogP contribution in [0.15, 0.2) is 59.8 Å². The van der Waals surface area contributed by atoms with Gasteiger partial charge in [-0.25, -0.2) is 9.07 Å². The highest BCUT2D eigenvalue weighted by Crippen LogP contribution is 2.35. The second kappa shape index (κ2) is 9.56. The largest absolute Gasteiger partial charge is 0.342 e. The summed E-state index contributed by atoms with van der Waals surface area (Å²) in [4.78, 5) is 14.9. The van der Waals surface area contributed by atoms with Gasteiger partial charge in [-0.05, 0) is 31.0 Å². The maximum absolute atomic E-state index is 14.0. The Balaban J connectivity index is 1.87. The lowest BCUT2D eigenvalue weighted by atomic mass is 10.1. The number of benzene rings is 2. The monoisotopic (exact) mass is 413 g/mol. The molecule has 0 bridgehead atoms. The van der Waals surface area contributed by atoms with E-state index in [0.29, 0.717) is 29.6 Å². The van der Waals surface area contributed by atoms with Crippen LogP contribution >= 0.6 is 11.8 Å². The Kier molecular flexibility index (Phi) is 6.87. The molecule has 8 heteroatoms. The highest BCUT2D eigenvalue weighted by atomic mass is 32.2. The molecule has 2 N–H and O–H groups in total. The minimum atomic E-state index is -0.496. The Labute approximate surface area is 173 Å². The Morgan fingerprint density at radius 3 is 2.41 bits per heavy atom. The van der Waals surface area contributed by atoms with Gasteiger partial charge in [0.2, 0.25) is 11.1 Å². The Morgan fingerprint density at radius 1 is 1.10 bits per heavy atom. The topological polar surface area (TPSA) is 77.0 Å². The van der Waals surface area contributed by atoms with Gasteiger partial charge in [0.15, 0.2) is 5.82 Å². The molecule has 0 saturated carbocycles. The van der Waals surface area contributed by atoms with Crippen molar-refractivity contribution in [3.8, 4) is 0 Å². The quantitative estimate of drug-likeness (QED) is 0.452. The van der Waals surface area contributed by atoms with E-state index in [1.165, 1.54) is 22.5 Å². The minimum Gasteiger partial charge on any atom is -0.342 e. The van der Waals surface area contributed by atoms with Crippen molar-refractivity contribution in [1.29, 1.82) is 0 Å². The van der Waals surface area contributed by atoms with E-state index in [-0.39, 0.29) is 18.1 Å². The van der Waals surface area contributed by atoms with Crippen LogP contribution in [-0.4, -0.2) is 38.8 Å². The Bertz CT molecular complexity index is 959. The molecule has 6 nitrogen and oxygen atoms in total. The summed E-state index contributed by atoms with van der Waals surface area (Å²) in [6, 6.07) is 16.0. The first-order valence-electron chi connectivity index (χ1n) is 9.48. The number of halogens is 1. The lowest BCUT2D eigenvalue weighted by Gasteiger charge is -2.24. The van der Waals surface area contributed by atoms with E-state index in [2.05, 4.69) is 10.2 Å². The summed E-state index contributed by atoms with van der Waals surface area (Å²) in [6.07, 6.45) is 0.219. The number of amides is 1. The van der Waals surface area contributed by atoms with Crippen molar-refractivity contribution in [3.63, 3.8) is 0 Å². The van der Waals surface area contributed by atoms with E-state index in [0.717, 1.165) is 5.56 Å². The number of aromatic nitrogens is 3. The SMILES string of the molecule is CCN(CC)C(=O)C(Sc1nnc(Cc2ccccc2F)n1N)c1ccccc1.